The minimum absolute atomic E-state index is 0.369. The van der Waals surface area contributed by atoms with Crippen molar-refractivity contribution in [1.82, 2.24) is 9.78 Å². The fourth-order valence-corrected chi connectivity index (χ4v) is 1.79. The van der Waals surface area contributed by atoms with E-state index in [0.29, 0.717) is 5.56 Å². The van der Waals surface area contributed by atoms with Crippen LogP contribution in [-0.2, 0) is 12.6 Å². The van der Waals surface area contributed by atoms with Gasteiger partial charge in [0.25, 0.3) is 5.54 Å². The second-order valence-electron chi connectivity index (χ2n) is 3.67. The predicted octanol–water partition coefficient (Wildman–Crippen LogP) is 0.379. The Morgan fingerprint density at radius 2 is 2.38 bits per heavy atom. The van der Waals surface area contributed by atoms with E-state index < -0.39 is 16.6 Å². The van der Waals surface area contributed by atoms with Gasteiger partial charge in [0.05, 0.1) is 11.8 Å². The summed E-state index contributed by atoms with van der Waals surface area (Å²) in [5.74, 6) is 0. The fraction of sp³-hybridized carbons (Fsp3) is 0.300. The lowest BCUT2D eigenvalue weighted by atomic mass is 9.84. The van der Waals surface area contributed by atoms with Crippen LogP contribution < -0.4 is 0 Å². The summed E-state index contributed by atoms with van der Waals surface area (Å²) in [4.78, 5) is 10.7. The number of aromatic nitrogens is 2. The van der Waals surface area contributed by atoms with Crippen molar-refractivity contribution in [2.75, 3.05) is 0 Å². The molecule has 6 nitrogen and oxygen atoms in total. The van der Waals surface area contributed by atoms with Gasteiger partial charge in [0.15, 0.2) is 6.10 Å². The number of aliphatic hydroxyl groups is 1. The van der Waals surface area contributed by atoms with E-state index in [0.717, 1.165) is 0 Å². The summed E-state index contributed by atoms with van der Waals surface area (Å²) in [5.41, 5.74) is -1.25. The highest BCUT2D eigenvalue weighted by molar-refractivity contribution is 5.32. The van der Waals surface area contributed by atoms with E-state index in [1.807, 2.05) is 0 Å². The Kier molecular flexibility index (Phi) is 2.35. The maximum absolute atomic E-state index is 11.2. The van der Waals surface area contributed by atoms with Crippen molar-refractivity contribution in [3.63, 3.8) is 0 Å². The van der Waals surface area contributed by atoms with Gasteiger partial charge in [-0.2, -0.15) is 5.10 Å². The van der Waals surface area contributed by atoms with Crippen molar-refractivity contribution in [2.45, 2.75) is 11.6 Å². The van der Waals surface area contributed by atoms with Crippen LogP contribution in [0.4, 0.5) is 0 Å². The second kappa shape index (κ2) is 3.57. The molecular formula is C10H11N3O3. The molecule has 1 N–H and O–H groups in total. The minimum Gasteiger partial charge on any atom is -0.381 e. The third-order valence-corrected chi connectivity index (χ3v) is 2.68. The number of rotatable bonds is 2. The zero-order valence-corrected chi connectivity index (χ0v) is 8.65. The van der Waals surface area contributed by atoms with Gasteiger partial charge in [0, 0.05) is 18.2 Å². The fourth-order valence-electron chi connectivity index (χ4n) is 1.79. The summed E-state index contributed by atoms with van der Waals surface area (Å²) >= 11 is 0. The first-order valence-corrected chi connectivity index (χ1v) is 4.75. The van der Waals surface area contributed by atoms with Crippen LogP contribution in [0.3, 0.4) is 0 Å². The van der Waals surface area contributed by atoms with E-state index in [2.05, 4.69) is 5.10 Å². The molecule has 0 saturated heterocycles. The van der Waals surface area contributed by atoms with Gasteiger partial charge >= 0.3 is 0 Å². The molecule has 2 rings (SSSR count). The molecule has 0 fully saturated rings. The van der Waals surface area contributed by atoms with Crippen molar-refractivity contribution in [1.29, 1.82) is 0 Å². The van der Waals surface area contributed by atoms with Crippen molar-refractivity contribution in [3.05, 3.63) is 52.4 Å². The van der Waals surface area contributed by atoms with E-state index in [1.54, 1.807) is 19.2 Å². The van der Waals surface area contributed by atoms with Crippen molar-refractivity contribution in [2.24, 2.45) is 7.05 Å². The predicted molar refractivity (Wildman–Crippen MR) is 56.2 cm³/mol. The third-order valence-electron chi connectivity index (χ3n) is 2.68. The Bertz CT molecular complexity index is 477. The summed E-state index contributed by atoms with van der Waals surface area (Å²) in [6, 6.07) is 0. The molecule has 1 aliphatic carbocycles. The topological polar surface area (TPSA) is 81.2 Å². The van der Waals surface area contributed by atoms with Crippen LogP contribution in [0, 0.1) is 10.1 Å². The molecule has 1 aliphatic rings. The number of hydrogen-bond acceptors (Lipinski definition) is 4. The van der Waals surface area contributed by atoms with E-state index in [1.165, 1.54) is 29.2 Å². The van der Waals surface area contributed by atoms with Crippen LogP contribution in [0.5, 0.6) is 0 Å². The van der Waals surface area contributed by atoms with Gasteiger partial charge in [-0.3, -0.25) is 14.8 Å². The van der Waals surface area contributed by atoms with Gasteiger partial charge in [0.1, 0.15) is 0 Å². The van der Waals surface area contributed by atoms with E-state index >= 15 is 0 Å². The van der Waals surface area contributed by atoms with Gasteiger partial charge in [-0.15, -0.1) is 0 Å². The first kappa shape index (κ1) is 10.6. The molecule has 1 heterocycles. The van der Waals surface area contributed by atoms with Crippen LogP contribution >= 0.6 is 0 Å². The zero-order chi connectivity index (χ0) is 11.8. The molecule has 1 aromatic rings. The number of allylic oxidation sites excluding steroid dienone is 2. The van der Waals surface area contributed by atoms with Crippen LogP contribution in [0.1, 0.15) is 5.56 Å². The number of aliphatic hydroxyl groups excluding tert-OH is 1. The number of nitro groups is 1. The van der Waals surface area contributed by atoms with E-state index in [9.17, 15) is 15.2 Å². The molecule has 84 valence electrons. The lowest BCUT2D eigenvalue weighted by Gasteiger charge is -2.25. The highest BCUT2D eigenvalue weighted by Gasteiger charge is 2.50. The van der Waals surface area contributed by atoms with Crippen LogP contribution in [-0.4, -0.2) is 25.9 Å². The first-order valence-electron chi connectivity index (χ1n) is 4.75. The summed E-state index contributed by atoms with van der Waals surface area (Å²) in [7, 11) is 1.67. The lowest BCUT2D eigenvalue weighted by Crippen LogP contribution is -2.44. The molecule has 0 saturated carbocycles. The molecule has 0 radical (unpaired) electrons. The molecule has 0 aromatic carbocycles. The molecule has 2 unspecified atom stereocenters. The molecule has 16 heavy (non-hydrogen) atoms. The average Bonchev–Trinajstić information content (AvgIpc) is 2.65. The van der Waals surface area contributed by atoms with Gasteiger partial charge < -0.3 is 5.11 Å². The van der Waals surface area contributed by atoms with Gasteiger partial charge in [-0.1, -0.05) is 12.2 Å². The quantitative estimate of drug-likeness (QED) is 0.578. The van der Waals surface area contributed by atoms with Crippen LogP contribution in [0.15, 0.2) is 36.7 Å². The van der Waals surface area contributed by atoms with Crippen LogP contribution in [0.25, 0.3) is 0 Å². The van der Waals surface area contributed by atoms with Gasteiger partial charge in [0.2, 0.25) is 0 Å². The Morgan fingerprint density at radius 3 is 2.88 bits per heavy atom. The molecular weight excluding hydrogens is 210 g/mol. The summed E-state index contributed by atoms with van der Waals surface area (Å²) in [6.07, 6.45) is 7.68. The molecule has 0 amide bonds. The Morgan fingerprint density at radius 1 is 1.62 bits per heavy atom. The molecule has 2 atom stereocenters. The number of aryl methyl sites for hydroxylation is 1. The molecule has 0 aliphatic heterocycles. The van der Waals surface area contributed by atoms with Gasteiger partial charge in [-0.05, 0) is 12.2 Å². The van der Waals surface area contributed by atoms with Crippen molar-refractivity contribution in [3.8, 4) is 0 Å². The SMILES string of the molecule is Cn1cc(C2([N+](=O)[O-])C=CC=CC2O)cn1. The summed E-state index contributed by atoms with van der Waals surface area (Å²) in [6.45, 7) is 0. The number of nitrogens with zero attached hydrogens (tertiary/aromatic N) is 3. The summed E-state index contributed by atoms with van der Waals surface area (Å²) < 4.78 is 1.47. The normalized spacial score (nSPS) is 28.2. The highest BCUT2D eigenvalue weighted by atomic mass is 16.6. The second-order valence-corrected chi connectivity index (χ2v) is 3.67. The zero-order valence-electron chi connectivity index (χ0n) is 8.65. The monoisotopic (exact) mass is 221 g/mol. The Balaban J connectivity index is 2.56. The summed E-state index contributed by atoms with van der Waals surface area (Å²) in [5, 5.41) is 25.0. The number of hydrogen-bond donors (Lipinski definition) is 1. The highest BCUT2D eigenvalue weighted by Crippen LogP contribution is 2.33. The average molecular weight is 221 g/mol. The lowest BCUT2D eigenvalue weighted by molar-refractivity contribution is -0.574. The Hall–Kier alpha value is -1.95. The smallest absolute Gasteiger partial charge is 0.297 e. The maximum atomic E-state index is 11.2. The molecule has 1 aromatic heterocycles. The van der Waals surface area contributed by atoms with Crippen molar-refractivity contribution < 1.29 is 10.0 Å². The first-order chi connectivity index (χ1) is 7.57. The molecule has 0 bridgehead atoms. The minimum atomic E-state index is -1.62. The standard InChI is InChI=1S/C10H11N3O3/c1-12-7-8(6-11-12)10(13(15)16)5-3-2-4-9(10)14/h2-7,9,14H,1H3. The third kappa shape index (κ3) is 1.35. The largest absolute Gasteiger partial charge is 0.381 e. The Labute approximate surface area is 91.7 Å². The van der Waals surface area contributed by atoms with Crippen LogP contribution in [0.2, 0.25) is 0 Å². The van der Waals surface area contributed by atoms with E-state index in [4.69, 9.17) is 0 Å². The van der Waals surface area contributed by atoms with Gasteiger partial charge in [-0.25, -0.2) is 0 Å². The van der Waals surface area contributed by atoms with E-state index in [-0.39, 0.29) is 0 Å². The maximum Gasteiger partial charge on any atom is 0.297 e. The van der Waals surface area contributed by atoms with Crippen molar-refractivity contribution >= 4 is 0 Å². The molecule has 6 heteroatoms. The molecule has 0 spiro atoms.